The van der Waals surface area contributed by atoms with Crippen LogP contribution in [-0.4, -0.2) is 53.2 Å². The first-order valence-electron chi connectivity index (χ1n) is 11.6. The number of ether oxygens (including phenoxy) is 1. The average Bonchev–Trinajstić information content (AvgIpc) is 2.85. The lowest BCUT2D eigenvalue weighted by Crippen LogP contribution is -2.41. The van der Waals surface area contributed by atoms with Gasteiger partial charge in [-0.05, 0) is 79.6 Å². The summed E-state index contributed by atoms with van der Waals surface area (Å²) in [5.74, 6) is 0.401. The standard InChI is InChI=1S/C26H33FN4O2S/c1-4-30(5-2)14-6-13-28-26(34)31(17-19-7-10-22(27)11-8-19)18-21-15-20-9-12-23(33-3)16-24(20)29-25(21)32/h7-12,15-16H,4-6,13-14,17-18H2,1-3H3,(H,28,34)(H,29,32). The summed E-state index contributed by atoms with van der Waals surface area (Å²) >= 11 is 5.71. The molecule has 8 heteroatoms. The number of hydrogen-bond acceptors (Lipinski definition) is 4. The van der Waals surface area contributed by atoms with Crippen molar-refractivity contribution in [3.63, 3.8) is 0 Å². The predicted molar refractivity (Wildman–Crippen MR) is 140 cm³/mol. The molecule has 1 aromatic heterocycles. The Morgan fingerprint density at radius 1 is 1.09 bits per heavy atom. The normalized spacial score (nSPS) is 11.1. The highest BCUT2D eigenvalue weighted by Crippen LogP contribution is 2.19. The number of methoxy groups -OCH3 is 1. The zero-order valence-electron chi connectivity index (χ0n) is 20.1. The van der Waals surface area contributed by atoms with Crippen molar-refractivity contribution in [3.05, 3.63) is 75.8 Å². The molecule has 0 aliphatic carbocycles. The molecule has 3 rings (SSSR count). The molecule has 0 aliphatic heterocycles. The van der Waals surface area contributed by atoms with Gasteiger partial charge in [0, 0.05) is 24.7 Å². The molecule has 0 atom stereocenters. The number of nitrogens with zero attached hydrogens (tertiary/aromatic N) is 2. The first-order valence-corrected chi connectivity index (χ1v) is 12.0. The van der Waals surface area contributed by atoms with Crippen LogP contribution in [0.3, 0.4) is 0 Å². The van der Waals surface area contributed by atoms with E-state index in [-0.39, 0.29) is 11.4 Å². The molecule has 0 radical (unpaired) electrons. The van der Waals surface area contributed by atoms with Gasteiger partial charge in [-0.2, -0.15) is 0 Å². The van der Waals surface area contributed by atoms with E-state index in [0.29, 0.717) is 29.5 Å². The van der Waals surface area contributed by atoms with Gasteiger partial charge in [0.25, 0.3) is 5.56 Å². The van der Waals surface area contributed by atoms with E-state index in [1.54, 1.807) is 25.3 Å². The third-order valence-electron chi connectivity index (χ3n) is 5.89. The Bertz CT molecular complexity index is 1150. The fraction of sp³-hybridized carbons (Fsp3) is 0.385. The topological polar surface area (TPSA) is 60.6 Å². The fourth-order valence-corrected chi connectivity index (χ4v) is 4.07. The van der Waals surface area contributed by atoms with Crippen molar-refractivity contribution in [1.82, 2.24) is 20.1 Å². The van der Waals surface area contributed by atoms with Crippen LogP contribution >= 0.6 is 12.2 Å². The molecule has 34 heavy (non-hydrogen) atoms. The van der Waals surface area contributed by atoms with Crippen molar-refractivity contribution in [2.75, 3.05) is 33.3 Å². The number of thiocarbonyl (C=S) groups is 1. The van der Waals surface area contributed by atoms with Gasteiger partial charge in [0.05, 0.1) is 19.2 Å². The predicted octanol–water partition coefficient (Wildman–Crippen LogP) is 4.28. The number of rotatable bonds is 11. The zero-order valence-corrected chi connectivity index (χ0v) is 20.9. The highest BCUT2D eigenvalue weighted by Gasteiger charge is 2.14. The SMILES string of the molecule is CCN(CC)CCCNC(=S)N(Cc1ccc(F)cc1)Cc1cc2ccc(OC)cc2[nH]c1=O. The Morgan fingerprint density at radius 3 is 2.50 bits per heavy atom. The molecule has 0 saturated carbocycles. The lowest BCUT2D eigenvalue weighted by atomic mass is 10.1. The number of fused-ring (bicyclic) bond motifs is 1. The van der Waals surface area contributed by atoms with Crippen molar-refractivity contribution in [2.45, 2.75) is 33.4 Å². The van der Waals surface area contributed by atoms with Crippen LogP contribution in [0.4, 0.5) is 4.39 Å². The van der Waals surface area contributed by atoms with Crippen molar-refractivity contribution in [1.29, 1.82) is 0 Å². The number of H-pyrrole nitrogens is 1. The lowest BCUT2D eigenvalue weighted by molar-refractivity contribution is 0.299. The second kappa shape index (κ2) is 12.5. The number of pyridine rings is 1. The van der Waals surface area contributed by atoms with Crippen molar-refractivity contribution < 1.29 is 9.13 Å². The van der Waals surface area contributed by atoms with Gasteiger partial charge < -0.3 is 24.8 Å². The monoisotopic (exact) mass is 484 g/mol. The summed E-state index contributed by atoms with van der Waals surface area (Å²) in [5.41, 5.74) is 2.06. The second-order valence-corrected chi connectivity index (χ2v) is 8.56. The van der Waals surface area contributed by atoms with Crippen molar-refractivity contribution in [3.8, 4) is 5.75 Å². The maximum Gasteiger partial charge on any atom is 0.253 e. The molecule has 0 bridgehead atoms. The summed E-state index contributed by atoms with van der Waals surface area (Å²) in [6.45, 7) is 8.88. The maximum atomic E-state index is 13.4. The van der Waals surface area contributed by atoms with Crippen LogP contribution in [0.5, 0.6) is 5.75 Å². The summed E-state index contributed by atoms with van der Waals surface area (Å²) < 4.78 is 18.7. The van der Waals surface area contributed by atoms with E-state index in [1.165, 1.54) is 12.1 Å². The summed E-state index contributed by atoms with van der Waals surface area (Å²) in [6.07, 6.45) is 0.963. The fourth-order valence-electron chi connectivity index (χ4n) is 3.83. The highest BCUT2D eigenvalue weighted by molar-refractivity contribution is 7.80. The van der Waals surface area contributed by atoms with Gasteiger partial charge >= 0.3 is 0 Å². The number of aromatic amines is 1. The minimum atomic E-state index is -0.284. The van der Waals surface area contributed by atoms with Crippen LogP contribution in [-0.2, 0) is 13.1 Å². The number of aromatic nitrogens is 1. The first kappa shape index (κ1) is 25.6. The van der Waals surface area contributed by atoms with Crippen LogP contribution < -0.4 is 15.6 Å². The Hall–Kier alpha value is -2.97. The molecule has 0 spiro atoms. The third kappa shape index (κ3) is 7.01. The third-order valence-corrected chi connectivity index (χ3v) is 6.29. The molecule has 6 nitrogen and oxygen atoms in total. The van der Waals surface area contributed by atoms with Crippen molar-refractivity contribution >= 4 is 28.2 Å². The van der Waals surface area contributed by atoms with E-state index in [1.807, 2.05) is 23.1 Å². The zero-order chi connectivity index (χ0) is 24.5. The maximum absolute atomic E-state index is 13.4. The minimum absolute atomic E-state index is 0.172. The van der Waals surface area contributed by atoms with Gasteiger partial charge in [-0.3, -0.25) is 4.79 Å². The molecule has 0 amide bonds. The molecule has 0 fully saturated rings. The second-order valence-electron chi connectivity index (χ2n) is 8.17. The molecule has 3 aromatic rings. The van der Waals surface area contributed by atoms with Gasteiger partial charge in [-0.25, -0.2) is 4.39 Å². The summed E-state index contributed by atoms with van der Waals surface area (Å²) in [7, 11) is 1.59. The molecule has 2 aromatic carbocycles. The van der Waals surface area contributed by atoms with Crippen LogP contribution in [0.1, 0.15) is 31.4 Å². The van der Waals surface area contributed by atoms with Crippen LogP contribution in [0.2, 0.25) is 0 Å². The van der Waals surface area contributed by atoms with E-state index >= 15 is 0 Å². The smallest absolute Gasteiger partial charge is 0.253 e. The van der Waals surface area contributed by atoms with E-state index in [0.717, 1.165) is 49.1 Å². The Balaban J connectivity index is 1.77. The molecule has 182 valence electrons. The molecule has 0 unspecified atom stereocenters. The number of halogens is 1. The van der Waals surface area contributed by atoms with Crippen molar-refractivity contribution in [2.24, 2.45) is 0 Å². The van der Waals surface area contributed by atoms with E-state index < -0.39 is 0 Å². The molecule has 0 aliphatic rings. The van der Waals surface area contributed by atoms with Gasteiger partial charge in [0.1, 0.15) is 11.6 Å². The number of benzene rings is 2. The number of hydrogen-bond donors (Lipinski definition) is 2. The molecular weight excluding hydrogens is 451 g/mol. The average molecular weight is 485 g/mol. The molecule has 2 N–H and O–H groups in total. The number of nitrogens with one attached hydrogen (secondary N) is 2. The lowest BCUT2D eigenvalue weighted by Gasteiger charge is -2.26. The Kier molecular flexibility index (Phi) is 9.42. The highest BCUT2D eigenvalue weighted by atomic mass is 32.1. The quantitative estimate of drug-likeness (QED) is 0.313. The van der Waals surface area contributed by atoms with Crippen LogP contribution in [0.25, 0.3) is 10.9 Å². The molecular formula is C26H33FN4O2S. The largest absolute Gasteiger partial charge is 0.497 e. The van der Waals surface area contributed by atoms with Gasteiger partial charge in [0.2, 0.25) is 0 Å². The van der Waals surface area contributed by atoms with Crippen LogP contribution in [0.15, 0.2) is 53.3 Å². The molecule has 1 heterocycles. The first-order chi connectivity index (χ1) is 16.4. The summed E-state index contributed by atoms with van der Waals surface area (Å²) in [4.78, 5) is 20.1. The van der Waals surface area contributed by atoms with Gasteiger partial charge in [0.15, 0.2) is 5.11 Å². The van der Waals surface area contributed by atoms with Crippen LogP contribution in [0, 0.1) is 5.82 Å². The summed E-state index contributed by atoms with van der Waals surface area (Å²) in [5, 5.41) is 4.82. The van der Waals surface area contributed by atoms with Gasteiger partial charge in [-0.15, -0.1) is 0 Å². The van der Waals surface area contributed by atoms with Gasteiger partial charge in [-0.1, -0.05) is 26.0 Å². The van der Waals surface area contributed by atoms with E-state index in [2.05, 4.69) is 29.0 Å². The Morgan fingerprint density at radius 2 is 1.82 bits per heavy atom. The Labute approximate surface area is 205 Å². The molecule has 0 saturated heterocycles. The van der Waals surface area contributed by atoms with E-state index in [4.69, 9.17) is 17.0 Å². The summed E-state index contributed by atoms with van der Waals surface area (Å²) in [6, 6.07) is 13.8. The minimum Gasteiger partial charge on any atom is -0.497 e. The van der Waals surface area contributed by atoms with E-state index in [9.17, 15) is 9.18 Å².